The molecule has 0 bridgehead atoms. The van der Waals surface area contributed by atoms with Crippen molar-refractivity contribution in [3.05, 3.63) is 22.4 Å². The maximum absolute atomic E-state index is 3.50. The zero-order valence-corrected chi connectivity index (χ0v) is 7.36. The average molecular weight is 167 g/mol. The topological polar surface area (TPSA) is 12.0 Å². The van der Waals surface area contributed by atoms with Crippen molar-refractivity contribution < 1.29 is 0 Å². The summed E-state index contributed by atoms with van der Waals surface area (Å²) in [7, 11) is 0. The second kappa shape index (κ2) is 3.37. The highest BCUT2D eigenvalue weighted by atomic mass is 32.1. The molecule has 0 amide bonds. The Bertz CT molecular complexity index is 201. The highest BCUT2D eigenvalue weighted by molar-refractivity contribution is 7.07. The van der Waals surface area contributed by atoms with Gasteiger partial charge in [0.2, 0.25) is 0 Å². The fraction of sp³-hybridized carbons (Fsp3) is 0.556. The molecule has 0 aromatic carbocycles. The van der Waals surface area contributed by atoms with Crippen LogP contribution in [-0.4, -0.2) is 12.6 Å². The number of hydrogen-bond acceptors (Lipinski definition) is 2. The maximum Gasteiger partial charge on any atom is 0.00683 e. The number of nitrogens with one attached hydrogen (secondary N) is 1. The summed E-state index contributed by atoms with van der Waals surface area (Å²) in [5.41, 5.74) is 1.48. The van der Waals surface area contributed by atoms with Crippen LogP contribution in [0.5, 0.6) is 0 Å². The van der Waals surface area contributed by atoms with E-state index in [0.717, 1.165) is 12.6 Å². The van der Waals surface area contributed by atoms with Gasteiger partial charge in [-0.05, 0) is 48.2 Å². The van der Waals surface area contributed by atoms with E-state index in [2.05, 4.69) is 22.1 Å². The van der Waals surface area contributed by atoms with Crippen LogP contribution in [0, 0.1) is 0 Å². The normalized spacial score (nSPS) is 17.1. The van der Waals surface area contributed by atoms with Gasteiger partial charge in [0.1, 0.15) is 0 Å². The molecule has 1 heterocycles. The van der Waals surface area contributed by atoms with Crippen molar-refractivity contribution in [2.45, 2.75) is 25.3 Å². The van der Waals surface area contributed by atoms with Gasteiger partial charge in [0.05, 0.1) is 0 Å². The summed E-state index contributed by atoms with van der Waals surface area (Å²) in [5.74, 6) is 0. The predicted octanol–water partition coefficient (Wildman–Crippen LogP) is 2.04. The van der Waals surface area contributed by atoms with Crippen LogP contribution >= 0.6 is 11.3 Å². The number of rotatable bonds is 4. The molecule has 0 unspecified atom stereocenters. The molecule has 2 heteroatoms. The van der Waals surface area contributed by atoms with Crippen molar-refractivity contribution in [3.63, 3.8) is 0 Å². The van der Waals surface area contributed by atoms with Gasteiger partial charge in [-0.1, -0.05) is 0 Å². The van der Waals surface area contributed by atoms with Crippen LogP contribution in [0.3, 0.4) is 0 Å². The largest absolute Gasteiger partial charge is 0.314 e. The summed E-state index contributed by atoms with van der Waals surface area (Å²) >= 11 is 1.79. The van der Waals surface area contributed by atoms with E-state index in [-0.39, 0.29) is 0 Å². The summed E-state index contributed by atoms with van der Waals surface area (Å²) < 4.78 is 0. The molecule has 0 radical (unpaired) electrons. The molecule has 1 aliphatic carbocycles. The fourth-order valence-corrected chi connectivity index (χ4v) is 1.85. The lowest BCUT2D eigenvalue weighted by atomic mass is 10.2. The molecule has 1 aromatic heterocycles. The number of thiophene rings is 1. The molecular formula is C9H13NS. The summed E-state index contributed by atoms with van der Waals surface area (Å²) in [5, 5.41) is 7.88. The minimum absolute atomic E-state index is 0.855. The van der Waals surface area contributed by atoms with Gasteiger partial charge < -0.3 is 5.32 Å². The van der Waals surface area contributed by atoms with E-state index in [4.69, 9.17) is 0 Å². The number of hydrogen-bond donors (Lipinski definition) is 1. The quantitative estimate of drug-likeness (QED) is 0.723. The van der Waals surface area contributed by atoms with Crippen LogP contribution in [0.25, 0.3) is 0 Å². The summed E-state index contributed by atoms with van der Waals surface area (Å²) in [6, 6.07) is 3.06. The SMILES string of the molecule is c1cc(CCNC2CC2)cs1. The van der Waals surface area contributed by atoms with Crippen molar-refractivity contribution in [2.75, 3.05) is 6.54 Å². The van der Waals surface area contributed by atoms with Crippen molar-refractivity contribution in [2.24, 2.45) is 0 Å². The Hall–Kier alpha value is -0.340. The average Bonchev–Trinajstić information content (AvgIpc) is 2.66. The molecule has 1 aromatic rings. The zero-order valence-electron chi connectivity index (χ0n) is 6.55. The van der Waals surface area contributed by atoms with Crippen molar-refractivity contribution in [1.82, 2.24) is 5.32 Å². The molecular weight excluding hydrogens is 154 g/mol. The second-order valence-corrected chi connectivity index (χ2v) is 3.89. The first kappa shape index (κ1) is 7.32. The highest BCUT2D eigenvalue weighted by Gasteiger charge is 2.19. The fourth-order valence-electron chi connectivity index (χ4n) is 1.14. The lowest BCUT2D eigenvalue weighted by Gasteiger charge is -1.99. The Morgan fingerprint density at radius 3 is 3.09 bits per heavy atom. The maximum atomic E-state index is 3.50. The second-order valence-electron chi connectivity index (χ2n) is 3.11. The third-order valence-electron chi connectivity index (χ3n) is 2.00. The Balaban J connectivity index is 1.66. The van der Waals surface area contributed by atoms with Crippen molar-refractivity contribution >= 4 is 11.3 Å². The van der Waals surface area contributed by atoms with Crippen LogP contribution in [0.4, 0.5) is 0 Å². The van der Waals surface area contributed by atoms with Gasteiger partial charge >= 0.3 is 0 Å². The first-order chi connectivity index (χ1) is 5.45. The van der Waals surface area contributed by atoms with Gasteiger partial charge in [-0.25, -0.2) is 0 Å². The molecule has 1 aliphatic rings. The Morgan fingerprint density at radius 2 is 2.45 bits per heavy atom. The monoisotopic (exact) mass is 167 g/mol. The molecule has 0 spiro atoms. The molecule has 60 valence electrons. The van der Waals surface area contributed by atoms with Gasteiger partial charge in [0.15, 0.2) is 0 Å². The summed E-state index contributed by atoms with van der Waals surface area (Å²) in [6.07, 6.45) is 3.98. The van der Waals surface area contributed by atoms with E-state index >= 15 is 0 Å². The molecule has 11 heavy (non-hydrogen) atoms. The minimum atomic E-state index is 0.855. The van der Waals surface area contributed by atoms with E-state index in [1.165, 1.54) is 24.8 Å². The van der Waals surface area contributed by atoms with Crippen LogP contribution in [-0.2, 0) is 6.42 Å². The van der Waals surface area contributed by atoms with E-state index in [1.807, 2.05) is 0 Å². The summed E-state index contributed by atoms with van der Waals surface area (Å²) in [4.78, 5) is 0. The minimum Gasteiger partial charge on any atom is -0.314 e. The first-order valence-electron chi connectivity index (χ1n) is 4.19. The molecule has 0 atom stereocenters. The summed E-state index contributed by atoms with van der Waals surface area (Å²) in [6.45, 7) is 1.15. The Kier molecular flexibility index (Phi) is 2.24. The van der Waals surface area contributed by atoms with Gasteiger partial charge in [-0.3, -0.25) is 0 Å². The van der Waals surface area contributed by atoms with Gasteiger partial charge in [0, 0.05) is 6.04 Å². The molecule has 1 fully saturated rings. The third-order valence-corrected chi connectivity index (χ3v) is 2.74. The molecule has 1 N–H and O–H groups in total. The van der Waals surface area contributed by atoms with Gasteiger partial charge in [0.25, 0.3) is 0 Å². The highest BCUT2D eigenvalue weighted by Crippen LogP contribution is 2.18. The van der Waals surface area contributed by atoms with Crippen LogP contribution in [0.1, 0.15) is 18.4 Å². The van der Waals surface area contributed by atoms with Crippen LogP contribution < -0.4 is 5.32 Å². The van der Waals surface area contributed by atoms with Crippen LogP contribution in [0.15, 0.2) is 16.8 Å². The van der Waals surface area contributed by atoms with E-state index in [1.54, 1.807) is 11.3 Å². The van der Waals surface area contributed by atoms with Crippen molar-refractivity contribution in [3.8, 4) is 0 Å². The molecule has 0 aliphatic heterocycles. The van der Waals surface area contributed by atoms with E-state index < -0.39 is 0 Å². The van der Waals surface area contributed by atoms with Gasteiger partial charge in [-0.2, -0.15) is 11.3 Å². The van der Waals surface area contributed by atoms with Crippen molar-refractivity contribution in [1.29, 1.82) is 0 Å². The lowest BCUT2D eigenvalue weighted by molar-refractivity contribution is 0.683. The predicted molar refractivity (Wildman–Crippen MR) is 49.0 cm³/mol. The Morgan fingerprint density at radius 1 is 1.55 bits per heavy atom. The standard InChI is InChI=1S/C9H13NS/c1-2-9(1)10-5-3-8-4-6-11-7-8/h4,6-7,9-10H,1-3,5H2. The zero-order chi connectivity index (χ0) is 7.52. The van der Waals surface area contributed by atoms with Gasteiger partial charge in [-0.15, -0.1) is 0 Å². The first-order valence-corrected chi connectivity index (χ1v) is 5.14. The molecule has 1 saturated carbocycles. The molecule has 2 rings (SSSR count). The lowest BCUT2D eigenvalue weighted by Crippen LogP contribution is -2.18. The molecule has 1 nitrogen and oxygen atoms in total. The Labute approximate surface area is 71.4 Å². The molecule has 0 saturated heterocycles. The van der Waals surface area contributed by atoms with E-state index in [0.29, 0.717) is 0 Å². The van der Waals surface area contributed by atoms with Crippen LogP contribution in [0.2, 0.25) is 0 Å². The van der Waals surface area contributed by atoms with E-state index in [9.17, 15) is 0 Å². The smallest absolute Gasteiger partial charge is 0.00683 e. The third kappa shape index (κ3) is 2.31.